The zero-order chi connectivity index (χ0) is 24.6. The first-order valence-corrected chi connectivity index (χ1v) is 11.7. The lowest BCUT2D eigenvalue weighted by Gasteiger charge is -2.29. The molecule has 0 aromatic heterocycles. The van der Waals surface area contributed by atoms with E-state index in [4.69, 9.17) is 19.3 Å². The van der Waals surface area contributed by atoms with Gasteiger partial charge in [0.15, 0.2) is 0 Å². The van der Waals surface area contributed by atoms with Crippen LogP contribution in [-0.4, -0.2) is 69.0 Å². The van der Waals surface area contributed by atoms with E-state index >= 15 is 0 Å². The van der Waals surface area contributed by atoms with Gasteiger partial charge in [-0.2, -0.15) is 0 Å². The molecule has 3 N–H and O–H groups in total. The van der Waals surface area contributed by atoms with Crippen molar-refractivity contribution in [3.8, 4) is 0 Å². The molecule has 9 nitrogen and oxygen atoms in total. The van der Waals surface area contributed by atoms with Gasteiger partial charge >= 0.3 is 5.97 Å². The highest BCUT2D eigenvalue weighted by atomic mass is 16.5. The number of carbonyl (C=O) groups excluding carboxylic acids is 3. The van der Waals surface area contributed by atoms with Gasteiger partial charge in [-0.05, 0) is 24.8 Å². The van der Waals surface area contributed by atoms with Gasteiger partial charge in [-0.15, -0.1) is 0 Å². The molecular weight excluding hydrogens is 440 g/mol. The molecular formula is C25H36N2O7. The molecule has 0 aliphatic carbocycles. The number of amides is 2. The normalized spacial score (nSPS) is 22.0. The van der Waals surface area contributed by atoms with Crippen LogP contribution in [0.25, 0.3) is 0 Å². The predicted octanol–water partition coefficient (Wildman–Crippen LogP) is 1.66. The van der Waals surface area contributed by atoms with Gasteiger partial charge in [-0.1, -0.05) is 42.5 Å². The Kier molecular flexibility index (Phi) is 12.9. The second-order valence-corrected chi connectivity index (χ2v) is 8.08. The number of rotatable bonds is 10. The van der Waals surface area contributed by atoms with E-state index in [9.17, 15) is 14.4 Å². The molecule has 0 unspecified atom stereocenters. The van der Waals surface area contributed by atoms with Gasteiger partial charge in [0.25, 0.3) is 0 Å². The van der Waals surface area contributed by atoms with Crippen molar-refractivity contribution in [2.75, 3.05) is 40.1 Å². The summed E-state index contributed by atoms with van der Waals surface area (Å²) >= 11 is 0. The van der Waals surface area contributed by atoms with Crippen molar-refractivity contribution < 1.29 is 33.7 Å². The molecule has 0 radical (unpaired) electrons. The van der Waals surface area contributed by atoms with Crippen molar-refractivity contribution in [2.45, 2.75) is 44.2 Å². The van der Waals surface area contributed by atoms with E-state index in [0.717, 1.165) is 5.56 Å². The fourth-order valence-electron chi connectivity index (χ4n) is 3.66. The SMILES string of the molecule is COC[C@@H]1NC(=O)[C@@H](CC(=O)NCCOCCO)CC=CCCCC(=O)O[C@H]1c1ccccc1. The minimum Gasteiger partial charge on any atom is -0.455 e. The van der Waals surface area contributed by atoms with E-state index < -0.39 is 18.1 Å². The Labute approximate surface area is 200 Å². The molecule has 0 fully saturated rings. The molecule has 0 bridgehead atoms. The maximum Gasteiger partial charge on any atom is 0.306 e. The summed E-state index contributed by atoms with van der Waals surface area (Å²) in [6, 6.07) is 8.62. The van der Waals surface area contributed by atoms with Crippen LogP contribution >= 0.6 is 0 Å². The number of benzene rings is 1. The molecule has 2 amide bonds. The van der Waals surface area contributed by atoms with Gasteiger partial charge in [0.05, 0.1) is 38.4 Å². The number of ether oxygens (including phenoxy) is 3. The zero-order valence-electron chi connectivity index (χ0n) is 19.7. The van der Waals surface area contributed by atoms with Gasteiger partial charge in [-0.25, -0.2) is 0 Å². The van der Waals surface area contributed by atoms with E-state index in [2.05, 4.69) is 10.6 Å². The zero-order valence-corrected chi connectivity index (χ0v) is 19.7. The first-order chi connectivity index (χ1) is 16.5. The van der Waals surface area contributed by atoms with Crippen molar-refractivity contribution in [1.29, 1.82) is 0 Å². The van der Waals surface area contributed by atoms with Crippen molar-refractivity contribution in [3.63, 3.8) is 0 Å². The largest absolute Gasteiger partial charge is 0.455 e. The molecule has 9 heteroatoms. The molecule has 3 atom stereocenters. The fraction of sp³-hybridized carbons (Fsp3) is 0.560. The number of nitrogens with one attached hydrogen (secondary N) is 2. The Morgan fingerprint density at radius 3 is 2.74 bits per heavy atom. The third-order valence-electron chi connectivity index (χ3n) is 5.37. The summed E-state index contributed by atoms with van der Waals surface area (Å²) in [5.74, 6) is -1.51. The molecule has 1 aliphatic heterocycles. The number of cyclic esters (lactones) is 1. The summed E-state index contributed by atoms with van der Waals surface area (Å²) in [6.07, 6.45) is 5.06. The van der Waals surface area contributed by atoms with Crippen LogP contribution in [0.5, 0.6) is 0 Å². The number of allylic oxidation sites excluding steroid dienone is 2. The minimum absolute atomic E-state index is 0.00562. The summed E-state index contributed by atoms with van der Waals surface area (Å²) in [6.45, 7) is 0.837. The lowest BCUT2D eigenvalue weighted by Crippen LogP contribution is -2.47. The number of hydrogen-bond donors (Lipinski definition) is 3. The molecule has 34 heavy (non-hydrogen) atoms. The van der Waals surface area contributed by atoms with Crippen molar-refractivity contribution in [2.24, 2.45) is 5.92 Å². The Bertz CT molecular complexity index is 785. The number of esters is 1. The van der Waals surface area contributed by atoms with Crippen LogP contribution in [-0.2, 0) is 28.6 Å². The Morgan fingerprint density at radius 2 is 2.00 bits per heavy atom. The number of aliphatic hydroxyl groups is 1. The van der Waals surface area contributed by atoms with Gasteiger partial charge in [0, 0.05) is 26.5 Å². The van der Waals surface area contributed by atoms with Crippen LogP contribution in [0.1, 0.15) is 43.8 Å². The van der Waals surface area contributed by atoms with Crippen LogP contribution in [0.3, 0.4) is 0 Å². The highest BCUT2D eigenvalue weighted by molar-refractivity contribution is 5.86. The minimum atomic E-state index is -0.718. The summed E-state index contributed by atoms with van der Waals surface area (Å²) in [5, 5.41) is 14.4. The summed E-state index contributed by atoms with van der Waals surface area (Å²) < 4.78 is 16.3. The van der Waals surface area contributed by atoms with Crippen molar-refractivity contribution in [1.82, 2.24) is 10.6 Å². The molecule has 0 saturated carbocycles. The molecule has 1 aromatic rings. The number of carbonyl (C=O) groups is 3. The Morgan fingerprint density at radius 1 is 1.21 bits per heavy atom. The second kappa shape index (κ2) is 16.0. The summed E-state index contributed by atoms with van der Waals surface area (Å²) in [7, 11) is 1.52. The smallest absolute Gasteiger partial charge is 0.306 e. The van der Waals surface area contributed by atoms with Crippen LogP contribution in [0.15, 0.2) is 42.5 Å². The average Bonchev–Trinajstić information content (AvgIpc) is 2.84. The molecule has 2 rings (SSSR count). The van der Waals surface area contributed by atoms with E-state index in [1.165, 1.54) is 7.11 Å². The molecule has 1 aliphatic rings. The molecule has 188 valence electrons. The molecule has 0 spiro atoms. The van der Waals surface area contributed by atoms with Crippen LogP contribution in [0.2, 0.25) is 0 Å². The molecule has 1 aromatic carbocycles. The van der Waals surface area contributed by atoms with E-state index in [1.54, 1.807) is 0 Å². The predicted molar refractivity (Wildman–Crippen MR) is 126 cm³/mol. The molecule has 1 heterocycles. The number of aliphatic hydroxyl groups excluding tert-OH is 1. The first kappa shape index (κ1) is 27.5. The Hall–Kier alpha value is -2.75. The third kappa shape index (κ3) is 10.0. The van der Waals surface area contributed by atoms with Gasteiger partial charge in [-0.3, -0.25) is 14.4 Å². The van der Waals surface area contributed by atoms with E-state index in [0.29, 0.717) is 25.8 Å². The second-order valence-electron chi connectivity index (χ2n) is 8.08. The van der Waals surface area contributed by atoms with E-state index in [1.807, 2.05) is 42.5 Å². The van der Waals surface area contributed by atoms with Gasteiger partial charge < -0.3 is 30.0 Å². The quantitative estimate of drug-likeness (QED) is 0.267. The van der Waals surface area contributed by atoms with Crippen molar-refractivity contribution >= 4 is 17.8 Å². The standard InChI is InChI=1S/C25H36N2O7/c1-32-18-21-24(19-9-6-4-7-10-19)34-23(30)12-8-3-2-5-11-20(25(31)27-21)17-22(29)26-13-15-33-16-14-28/h2,4-7,9-10,20-21,24,28H,3,8,11-18H2,1H3,(H,26,29)(H,27,31)/t20-,21+,24+/m1/s1. The number of hydrogen-bond acceptors (Lipinski definition) is 7. The van der Waals surface area contributed by atoms with Crippen LogP contribution in [0.4, 0.5) is 0 Å². The topological polar surface area (TPSA) is 123 Å². The number of methoxy groups -OCH3 is 1. The fourth-order valence-corrected chi connectivity index (χ4v) is 3.66. The lowest BCUT2D eigenvalue weighted by atomic mass is 9.97. The first-order valence-electron chi connectivity index (χ1n) is 11.7. The maximum absolute atomic E-state index is 13.2. The summed E-state index contributed by atoms with van der Waals surface area (Å²) in [4.78, 5) is 38.2. The van der Waals surface area contributed by atoms with Crippen LogP contribution in [0, 0.1) is 5.92 Å². The summed E-state index contributed by atoms with van der Waals surface area (Å²) in [5.41, 5.74) is 0.753. The van der Waals surface area contributed by atoms with Gasteiger partial charge in [0.1, 0.15) is 6.10 Å². The van der Waals surface area contributed by atoms with E-state index in [-0.39, 0.29) is 57.1 Å². The molecule has 0 saturated heterocycles. The van der Waals surface area contributed by atoms with Crippen molar-refractivity contribution in [3.05, 3.63) is 48.0 Å². The van der Waals surface area contributed by atoms with Crippen LogP contribution < -0.4 is 10.6 Å². The average molecular weight is 477 g/mol. The maximum atomic E-state index is 13.2. The monoisotopic (exact) mass is 476 g/mol. The lowest BCUT2D eigenvalue weighted by molar-refractivity contribution is -0.153. The third-order valence-corrected chi connectivity index (χ3v) is 5.37. The highest BCUT2D eigenvalue weighted by Crippen LogP contribution is 2.24. The van der Waals surface area contributed by atoms with Gasteiger partial charge in [0.2, 0.25) is 11.8 Å². The highest BCUT2D eigenvalue weighted by Gasteiger charge is 2.31. The Balaban J connectivity index is 2.16.